The third-order valence-electron chi connectivity index (χ3n) is 0.236. The molecule has 0 amide bonds. The van der Waals surface area contributed by atoms with Gasteiger partial charge >= 0.3 is 0 Å². The summed E-state index contributed by atoms with van der Waals surface area (Å²) in [5, 5.41) is 0. The molecule has 0 heterocycles. The summed E-state index contributed by atoms with van der Waals surface area (Å²) in [5.41, 5.74) is 0. The molecule has 0 aromatic carbocycles. The van der Waals surface area contributed by atoms with E-state index in [-0.39, 0.29) is 15.4 Å². The molecule has 0 aliphatic carbocycles. The maximum absolute atomic E-state index is 4.78. The van der Waals surface area contributed by atoms with E-state index < -0.39 is 10.0 Å². The van der Waals surface area contributed by atoms with E-state index in [4.69, 9.17) is 8.23 Å². The van der Waals surface area contributed by atoms with Crippen LogP contribution in [0.3, 0.4) is 0 Å². The summed E-state index contributed by atoms with van der Waals surface area (Å²) in [5.74, 6) is 0. The van der Waals surface area contributed by atoms with Crippen LogP contribution in [0.25, 0.3) is 0 Å². The molecule has 48 valence electrons. The lowest BCUT2D eigenvalue weighted by molar-refractivity contribution is 0.513. The Hall–Kier alpha value is 0.961. The maximum Gasteiger partial charge on any atom is 0.282 e. The summed E-state index contributed by atoms with van der Waals surface area (Å²) in [7, 11) is 1.27. The minimum absolute atomic E-state index is 0. The number of rotatable bonds is 2. The zero-order chi connectivity index (χ0) is 4.12. The molecule has 7 heteroatoms. The SMILES string of the molecule is O.P.[SiH3]O[SiH2]O[SiH3]. The molecule has 0 aromatic rings. The molecular weight excluding hydrogens is 163 g/mol. The van der Waals surface area contributed by atoms with Crippen LogP contribution in [0.4, 0.5) is 0 Å². The van der Waals surface area contributed by atoms with Gasteiger partial charge in [0.1, 0.15) is 21.0 Å². The fourth-order valence-electron chi connectivity index (χ4n) is 0.118. The summed E-state index contributed by atoms with van der Waals surface area (Å²) in [6.07, 6.45) is 0. The van der Waals surface area contributed by atoms with Crippen LogP contribution in [0, 0.1) is 0 Å². The van der Waals surface area contributed by atoms with Crippen molar-refractivity contribution < 1.29 is 13.7 Å². The highest BCUT2D eigenvalue weighted by Gasteiger charge is 1.66. The van der Waals surface area contributed by atoms with Crippen LogP contribution in [0.5, 0.6) is 0 Å². The average molecular weight is 176 g/mol. The highest BCUT2D eigenvalue weighted by atomic mass is 31.0. The molecule has 7 heavy (non-hydrogen) atoms. The Morgan fingerprint density at radius 3 is 1.43 bits per heavy atom. The van der Waals surface area contributed by atoms with Crippen LogP contribution in [0.2, 0.25) is 0 Å². The number of hydrogen-bond donors (Lipinski definition) is 0. The summed E-state index contributed by atoms with van der Waals surface area (Å²) in [6.45, 7) is 0. The summed E-state index contributed by atoms with van der Waals surface area (Å²) < 4.78 is 9.56. The fourth-order valence-corrected chi connectivity index (χ4v) is 3.18. The molecular formula is H13O3PSi3. The van der Waals surface area contributed by atoms with Gasteiger partial charge in [-0.3, -0.25) is 0 Å². The third-order valence-corrected chi connectivity index (χ3v) is 2.12. The van der Waals surface area contributed by atoms with Gasteiger partial charge in [0, 0.05) is 0 Å². The second kappa shape index (κ2) is 15.8. The first kappa shape index (κ1) is 15.7. The van der Waals surface area contributed by atoms with E-state index in [0.717, 1.165) is 21.0 Å². The zero-order valence-electron chi connectivity index (χ0n) is 4.73. The molecule has 0 aromatic heterocycles. The predicted octanol–water partition coefficient (Wildman–Crippen LogP) is -4.19. The van der Waals surface area contributed by atoms with E-state index in [1.54, 1.807) is 0 Å². The van der Waals surface area contributed by atoms with E-state index in [0.29, 0.717) is 0 Å². The number of hydrogen-bond acceptors (Lipinski definition) is 2. The van der Waals surface area contributed by atoms with Gasteiger partial charge in [-0.05, 0) is 0 Å². The molecule has 0 saturated carbocycles. The predicted molar refractivity (Wildman–Crippen MR) is 45.3 cm³/mol. The minimum atomic E-state index is -0.444. The minimum Gasteiger partial charge on any atom is -0.449 e. The van der Waals surface area contributed by atoms with Crippen LogP contribution >= 0.6 is 9.90 Å². The van der Waals surface area contributed by atoms with Gasteiger partial charge in [-0.25, -0.2) is 0 Å². The average Bonchev–Trinajstić information content (AvgIpc) is 1.41. The molecule has 0 aliphatic heterocycles. The Morgan fingerprint density at radius 2 is 1.43 bits per heavy atom. The first-order chi connectivity index (χ1) is 2.41. The second-order valence-electron chi connectivity index (χ2n) is 0.695. The monoisotopic (exact) mass is 176 g/mol. The molecule has 0 spiro atoms. The lowest BCUT2D eigenvalue weighted by atomic mass is 15.8. The van der Waals surface area contributed by atoms with Gasteiger partial charge in [0.05, 0.1) is 0 Å². The van der Waals surface area contributed by atoms with E-state index in [1.807, 2.05) is 0 Å². The van der Waals surface area contributed by atoms with Gasteiger partial charge in [0.25, 0.3) is 10.0 Å². The summed E-state index contributed by atoms with van der Waals surface area (Å²) in [4.78, 5) is 0. The second-order valence-corrected chi connectivity index (χ2v) is 5.55. The van der Waals surface area contributed by atoms with Crippen LogP contribution < -0.4 is 0 Å². The van der Waals surface area contributed by atoms with Crippen molar-refractivity contribution in [2.75, 3.05) is 0 Å². The van der Waals surface area contributed by atoms with Crippen LogP contribution in [0.1, 0.15) is 0 Å². The maximum atomic E-state index is 4.78. The molecule has 0 bridgehead atoms. The highest BCUT2D eigenvalue weighted by molar-refractivity contribution is 6.92. The Labute approximate surface area is 55.2 Å². The fraction of sp³-hybridized carbons (Fsp3) is 0. The lowest BCUT2D eigenvalue weighted by Crippen LogP contribution is -1.96. The van der Waals surface area contributed by atoms with Gasteiger partial charge in [-0.1, -0.05) is 0 Å². The van der Waals surface area contributed by atoms with Crippen molar-refractivity contribution in [2.24, 2.45) is 0 Å². The van der Waals surface area contributed by atoms with Crippen molar-refractivity contribution in [1.82, 2.24) is 0 Å². The summed E-state index contributed by atoms with van der Waals surface area (Å²) >= 11 is 0. The van der Waals surface area contributed by atoms with Crippen molar-refractivity contribution in [3.05, 3.63) is 0 Å². The molecule has 1 unspecified atom stereocenters. The standard InChI is InChI=1S/H8O2Si3.H2O.H3P/c3-1-5-2-4;;/h5H2,3-4H3;1H2;1H3. The zero-order valence-corrected chi connectivity index (χ0v) is 11.6. The quantitative estimate of drug-likeness (QED) is 0.316. The smallest absolute Gasteiger partial charge is 0.282 e. The molecule has 0 rings (SSSR count). The molecule has 0 aliphatic rings. The van der Waals surface area contributed by atoms with Crippen LogP contribution in [-0.4, -0.2) is 36.5 Å². The van der Waals surface area contributed by atoms with Gasteiger partial charge in [0.15, 0.2) is 0 Å². The van der Waals surface area contributed by atoms with Crippen LogP contribution in [-0.2, 0) is 8.23 Å². The molecule has 1 atom stereocenters. The third kappa shape index (κ3) is 19.5. The first-order valence-corrected chi connectivity index (χ1v) is 4.18. The van der Waals surface area contributed by atoms with Crippen molar-refractivity contribution in [2.45, 2.75) is 0 Å². The Morgan fingerprint density at radius 1 is 1.14 bits per heavy atom. The van der Waals surface area contributed by atoms with Gasteiger partial charge < -0.3 is 13.7 Å². The molecule has 0 radical (unpaired) electrons. The summed E-state index contributed by atoms with van der Waals surface area (Å²) in [6, 6.07) is 0. The van der Waals surface area contributed by atoms with Gasteiger partial charge in [0.2, 0.25) is 0 Å². The Kier molecular flexibility index (Phi) is 35.3. The highest BCUT2D eigenvalue weighted by Crippen LogP contribution is 1.52. The molecule has 3 nitrogen and oxygen atoms in total. The molecule has 0 saturated heterocycles. The van der Waals surface area contributed by atoms with E-state index in [2.05, 4.69) is 0 Å². The first-order valence-electron chi connectivity index (χ1n) is 1.39. The largest absolute Gasteiger partial charge is 0.449 e. The van der Waals surface area contributed by atoms with Crippen molar-refractivity contribution in [3.63, 3.8) is 0 Å². The van der Waals surface area contributed by atoms with Crippen molar-refractivity contribution in [1.29, 1.82) is 0 Å². The van der Waals surface area contributed by atoms with Gasteiger partial charge in [-0.2, -0.15) is 9.90 Å². The molecule has 2 N–H and O–H groups in total. The van der Waals surface area contributed by atoms with E-state index in [9.17, 15) is 0 Å². The topological polar surface area (TPSA) is 50.0 Å². The molecule has 0 fully saturated rings. The van der Waals surface area contributed by atoms with Crippen LogP contribution in [0.15, 0.2) is 0 Å². The van der Waals surface area contributed by atoms with Gasteiger partial charge in [-0.15, -0.1) is 0 Å². The Bertz CT molecular complexity index is 17.7. The van der Waals surface area contributed by atoms with Crippen molar-refractivity contribution >= 4 is 40.9 Å². The van der Waals surface area contributed by atoms with E-state index >= 15 is 0 Å². The Balaban J connectivity index is -0.0000000800. The normalized spacial score (nSPS) is 8.57. The van der Waals surface area contributed by atoms with E-state index in [1.165, 1.54) is 0 Å². The lowest BCUT2D eigenvalue weighted by Gasteiger charge is -1.87. The van der Waals surface area contributed by atoms with Crippen molar-refractivity contribution in [3.8, 4) is 0 Å².